The van der Waals surface area contributed by atoms with Crippen molar-refractivity contribution >= 4 is 5.91 Å². The molecule has 1 amide bonds. The summed E-state index contributed by atoms with van der Waals surface area (Å²) in [6.07, 6.45) is -2.06. The van der Waals surface area contributed by atoms with Gasteiger partial charge in [0.2, 0.25) is 11.8 Å². The fourth-order valence-corrected chi connectivity index (χ4v) is 2.21. The van der Waals surface area contributed by atoms with E-state index in [1.165, 1.54) is 6.20 Å². The lowest BCUT2D eigenvalue weighted by molar-refractivity contribution is -0.154. The predicted octanol–water partition coefficient (Wildman–Crippen LogP) is 3.16. The molecule has 1 aromatic heterocycles. The lowest BCUT2D eigenvalue weighted by atomic mass is 10.1. The fourth-order valence-electron chi connectivity index (χ4n) is 2.21. The zero-order valence-corrected chi connectivity index (χ0v) is 12.7. The molecule has 0 aromatic carbocycles. The summed E-state index contributed by atoms with van der Waals surface area (Å²) in [5, 5.41) is 2.89. The van der Waals surface area contributed by atoms with E-state index in [0.717, 1.165) is 12.0 Å². The molecule has 0 spiro atoms. The molecule has 1 heterocycles. The number of rotatable bonds is 5. The Labute approximate surface area is 127 Å². The topological polar surface area (TPSA) is 51.2 Å². The van der Waals surface area contributed by atoms with Crippen molar-refractivity contribution < 1.29 is 22.7 Å². The van der Waals surface area contributed by atoms with E-state index in [0.29, 0.717) is 11.5 Å². The molecule has 22 heavy (non-hydrogen) atoms. The summed E-state index contributed by atoms with van der Waals surface area (Å²) in [5.74, 6) is 0.460. The SMILES string of the molecule is Cc1cc(C(C)NC(=O)C2CC2C)cnc1OCC(F)(F)F. The largest absolute Gasteiger partial charge is 0.468 e. The second-order valence-electron chi connectivity index (χ2n) is 5.84. The molecule has 1 aliphatic carbocycles. The summed E-state index contributed by atoms with van der Waals surface area (Å²) >= 11 is 0. The Hall–Kier alpha value is -1.79. The number of carbonyl (C=O) groups excluding carboxylic acids is 1. The Morgan fingerprint density at radius 3 is 2.68 bits per heavy atom. The van der Waals surface area contributed by atoms with Crippen LogP contribution in [0, 0.1) is 18.8 Å². The minimum atomic E-state index is -4.39. The number of hydrogen-bond donors (Lipinski definition) is 1. The Morgan fingerprint density at radius 2 is 2.18 bits per heavy atom. The molecule has 1 aromatic rings. The number of hydrogen-bond acceptors (Lipinski definition) is 3. The molecule has 1 saturated carbocycles. The van der Waals surface area contributed by atoms with Gasteiger partial charge in [0.1, 0.15) is 0 Å². The van der Waals surface area contributed by atoms with E-state index in [1.54, 1.807) is 13.0 Å². The van der Waals surface area contributed by atoms with E-state index in [2.05, 4.69) is 15.0 Å². The minimum Gasteiger partial charge on any atom is -0.468 e. The summed E-state index contributed by atoms with van der Waals surface area (Å²) in [6.45, 7) is 4.09. The Morgan fingerprint density at radius 1 is 1.55 bits per heavy atom. The summed E-state index contributed by atoms with van der Waals surface area (Å²) in [6, 6.07) is 1.43. The van der Waals surface area contributed by atoms with Gasteiger partial charge < -0.3 is 10.1 Å². The van der Waals surface area contributed by atoms with E-state index < -0.39 is 12.8 Å². The van der Waals surface area contributed by atoms with E-state index >= 15 is 0 Å². The molecule has 0 aliphatic heterocycles. The third-order valence-corrected chi connectivity index (χ3v) is 3.73. The molecule has 1 fully saturated rings. The van der Waals surface area contributed by atoms with Gasteiger partial charge in [0, 0.05) is 17.7 Å². The van der Waals surface area contributed by atoms with Crippen LogP contribution in [-0.4, -0.2) is 23.7 Å². The fraction of sp³-hybridized carbons (Fsp3) is 0.600. The normalized spacial score (nSPS) is 22.1. The molecule has 7 heteroatoms. The number of amides is 1. The van der Waals surface area contributed by atoms with Crippen molar-refractivity contribution in [2.75, 3.05) is 6.61 Å². The van der Waals surface area contributed by atoms with Crippen LogP contribution in [-0.2, 0) is 4.79 Å². The molecule has 1 aliphatic rings. The van der Waals surface area contributed by atoms with E-state index in [1.807, 2.05) is 13.8 Å². The number of pyridine rings is 1. The van der Waals surface area contributed by atoms with Gasteiger partial charge >= 0.3 is 6.18 Å². The standard InChI is InChI=1S/C15H19F3N2O2/c1-8-5-12(8)13(21)20-10(3)11-4-9(2)14(19-6-11)22-7-15(16,17)18/h4,6,8,10,12H,5,7H2,1-3H3,(H,20,21). The maximum Gasteiger partial charge on any atom is 0.422 e. The van der Waals surface area contributed by atoms with E-state index in [-0.39, 0.29) is 23.7 Å². The zero-order valence-electron chi connectivity index (χ0n) is 12.7. The highest BCUT2D eigenvalue weighted by Gasteiger charge is 2.39. The second-order valence-corrected chi connectivity index (χ2v) is 5.84. The molecule has 4 nitrogen and oxygen atoms in total. The number of aryl methyl sites for hydroxylation is 1. The maximum absolute atomic E-state index is 12.1. The lowest BCUT2D eigenvalue weighted by Gasteiger charge is -2.16. The quantitative estimate of drug-likeness (QED) is 0.908. The first kappa shape index (κ1) is 16.6. The predicted molar refractivity (Wildman–Crippen MR) is 74.4 cm³/mol. The summed E-state index contributed by atoms with van der Waals surface area (Å²) in [7, 11) is 0. The summed E-state index contributed by atoms with van der Waals surface area (Å²) in [5.41, 5.74) is 1.24. The van der Waals surface area contributed by atoms with E-state index in [9.17, 15) is 18.0 Å². The summed E-state index contributed by atoms with van der Waals surface area (Å²) < 4.78 is 41.1. The van der Waals surface area contributed by atoms with Crippen LogP contribution in [0.2, 0.25) is 0 Å². The van der Waals surface area contributed by atoms with Crippen LogP contribution in [0.4, 0.5) is 13.2 Å². The van der Waals surface area contributed by atoms with Crippen LogP contribution in [0.3, 0.4) is 0 Å². The van der Waals surface area contributed by atoms with Crippen LogP contribution in [0.5, 0.6) is 5.88 Å². The molecular weight excluding hydrogens is 297 g/mol. The lowest BCUT2D eigenvalue weighted by Crippen LogP contribution is -2.28. The first-order valence-electron chi connectivity index (χ1n) is 7.14. The third-order valence-electron chi connectivity index (χ3n) is 3.73. The highest BCUT2D eigenvalue weighted by molar-refractivity contribution is 5.81. The third kappa shape index (κ3) is 4.35. The smallest absolute Gasteiger partial charge is 0.422 e. The van der Waals surface area contributed by atoms with Gasteiger partial charge in [-0.3, -0.25) is 4.79 Å². The monoisotopic (exact) mass is 316 g/mol. The highest BCUT2D eigenvalue weighted by atomic mass is 19.4. The number of aromatic nitrogens is 1. The minimum absolute atomic E-state index is 0.00931. The molecule has 0 radical (unpaired) electrons. The van der Waals surface area contributed by atoms with Gasteiger partial charge in [-0.1, -0.05) is 6.92 Å². The van der Waals surface area contributed by atoms with Gasteiger partial charge in [0.05, 0.1) is 6.04 Å². The Kier molecular flexibility index (Phi) is 4.63. The zero-order chi connectivity index (χ0) is 16.5. The van der Waals surface area contributed by atoms with Crippen LogP contribution in [0.15, 0.2) is 12.3 Å². The van der Waals surface area contributed by atoms with Crippen molar-refractivity contribution in [3.63, 3.8) is 0 Å². The molecule has 0 saturated heterocycles. The number of halogens is 3. The van der Waals surface area contributed by atoms with Gasteiger partial charge in [0.25, 0.3) is 0 Å². The Balaban J connectivity index is 1.97. The van der Waals surface area contributed by atoms with Crippen molar-refractivity contribution in [3.05, 3.63) is 23.4 Å². The van der Waals surface area contributed by atoms with Crippen molar-refractivity contribution in [2.45, 2.75) is 39.4 Å². The first-order chi connectivity index (χ1) is 10.2. The molecule has 2 rings (SSSR count). The first-order valence-corrected chi connectivity index (χ1v) is 7.14. The van der Waals surface area contributed by atoms with Crippen molar-refractivity contribution in [2.24, 2.45) is 11.8 Å². The molecule has 0 bridgehead atoms. The molecule has 1 N–H and O–H groups in total. The molecule has 3 unspecified atom stereocenters. The molecular formula is C15H19F3N2O2. The van der Waals surface area contributed by atoms with Crippen LogP contribution < -0.4 is 10.1 Å². The number of carbonyl (C=O) groups is 1. The van der Waals surface area contributed by atoms with Gasteiger partial charge in [0.15, 0.2) is 6.61 Å². The van der Waals surface area contributed by atoms with Crippen LogP contribution >= 0.6 is 0 Å². The average molecular weight is 316 g/mol. The number of nitrogens with one attached hydrogen (secondary N) is 1. The van der Waals surface area contributed by atoms with E-state index in [4.69, 9.17) is 0 Å². The average Bonchev–Trinajstić information content (AvgIpc) is 3.13. The molecule has 122 valence electrons. The summed E-state index contributed by atoms with van der Waals surface area (Å²) in [4.78, 5) is 15.8. The van der Waals surface area contributed by atoms with Crippen molar-refractivity contribution in [3.8, 4) is 5.88 Å². The van der Waals surface area contributed by atoms with Crippen LogP contribution in [0.25, 0.3) is 0 Å². The van der Waals surface area contributed by atoms with Crippen LogP contribution in [0.1, 0.15) is 37.4 Å². The van der Waals surface area contributed by atoms with Gasteiger partial charge in [-0.15, -0.1) is 0 Å². The van der Waals surface area contributed by atoms with Crippen molar-refractivity contribution in [1.82, 2.24) is 10.3 Å². The number of alkyl halides is 3. The van der Waals surface area contributed by atoms with Gasteiger partial charge in [-0.05, 0) is 37.8 Å². The number of nitrogens with zero attached hydrogens (tertiary/aromatic N) is 1. The van der Waals surface area contributed by atoms with Crippen molar-refractivity contribution in [1.29, 1.82) is 0 Å². The highest BCUT2D eigenvalue weighted by Crippen LogP contribution is 2.38. The van der Waals surface area contributed by atoms with Gasteiger partial charge in [-0.25, -0.2) is 4.98 Å². The number of ether oxygens (including phenoxy) is 1. The Bertz CT molecular complexity index is 560. The maximum atomic E-state index is 12.1. The second kappa shape index (κ2) is 6.14. The molecule has 3 atom stereocenters. The van der Waals surface area contributed by atoms with Gasteiger partial charge in [-0.2, -0.15) is 13.2 Å².